The van der Waals surface area contributed by atoms with E-state index in [0.29, 0.717) is 25.9 Å². The van der Waals surface area contributed by atoms with Crippen molar-refractivity contribution >= 4 is 23.2 Å². The Morgan fingerprint density at radius 3 is 1.21 bits per heavy atom. The second-order valence-electron chi connectivity index (χ2n) is 13.8. The fraction of sp³-hybridized carbons (Fsp3) is 0.500. The monoisotopic (exact) mass is 770 g/mol. The van der Waals surface area contributed by atoms with Gasteiger partial charge in [0.2, 0.25) is 11.8 Å². The second-order valence-corrected chi connectivity index (χ2v) is 13.8. The summed E-state index contributed by atoms with van der Waals surface area (Å²) < 4.78 is 54.0. The van der Waals surface area contributed by atoms with Crippen LogP contribution in [0.1, 0.15) is 120 Å². The Balaban J connectivity index is 0.000000791. The van der Waals surface area contributed by atoms with Crippen molar-refractivity contribution in [3.63, 3.8) is 0 Å². The van der Waals surface area contributed by atoms with Crippen molar-refractivity contribution in [2.45, 2.75) is 120 Å². The van der Waals surface area contributed by atoms with Crippen LogP contribution in [0.5, 0.6) is 0 Å². The van der Waals surface area contributed by atoms with Gasteiger partial charge >= 0.3 is 21.7 Å². The molecule has 2 aromatic carbocycles. The van der Waals surface area contributed by atoms with Gasteiger partial charge in [0.15, 0.2) is 0 Å². The van der Waals surface area contributed by atoms with Crippen molar-refractivity contribution in [3.05, 3.63) is 108 Å². The van der Waals surface area contributed by atoms with Crippen molar-refractivity contribution in [3.8, 4) is 0 Å². The number of anilines is 2. The van der Waals surface area contributed by atoms with Gasteiger partial charge in [0.25, 0.3) is 0 Å². The molecule has 0 aromatic heterocycles. The Bertz CT molecular complexity index is 1370. The summed E-state index contributed by atoms with van der Waals surface area (Å²) >= 11 is 0. The van der Waals surface area contributed by atoms with Crippen molar-refractivity contribution in [2.24, 2.45) is 10.8 Å². The number of hydrogen-bond donors (Lipinski definition) is 0. The molecular weight excluding hydrogens is 712 g/mol. The fourth-order valence-corrected chi connectivity index (χ4v) is 4.70. The van der Waals surface area contributed by atoms with Crippen molar-refractivity contribution in [1.29, 1.82) is 0 Å². The van der Waals surface area contributed by atoms with Gasteiger partial charge < -0.3 is 9.80 Å². The molecule has 0 saturated carbocycles. The largest absolute Gasteiger partial charge is 4.00 e. The molecule has 4 nitrogen and oxygen atoms in total. The molecule has 9 heteroatoms. The van der Waals surface area contributed by atoms with Crippen LogP contribution < -0.4 is 9.80 Å². The number of carbonyl (C=O) groups excluding carboxylic acids is 2. The molecule has 0 atom stereocenters. The van der Waals surface area contributed by atoms with Crippen LogP contribution in [-0.4, -0.2) is 24.9 Å². The number of halogens is 4. The third kappa shape index (κ3) is 18.1. The fourth-order valence-electron chi connectivity index (χ4n) is 4.70. The van der Waals surface area contributed by atoms with Crippen LogP contribution in [0.15, 0.2) is 60.7 Å². The molecule has 2 aliphatic rings. The van der Waals surface area contributed by atoms with Crippen LogP contribution in [0, 0.1) is 58.4 Å². The van der Waals surface area contributed by atoms with E-state index in [2.05, 4.69) is 38.2 Å². The number of allylic oxidation sites excluding steroid dienone is 8. The van der Waals surface area contributed by atoms with Gasteiger partial charge in [-0.05, 0) is 37.1 Å². The number of unbranched alkanes of at least 4 members (excludes halogenated alkanes) is 4. The van der Waals surface area contributed by atoms with E-state index in [1.165, 1.54) is 21.9 Å². The van der Waals surface area contributed by atoms with E-state index in [1.54, 1.807) is 0 Å². The minimum absolute atomic E-state index is 0. The van der Waals surface area contributed by atoms with Gasteiger partial charge in [-0.2, -0.15) is 12.2 Å². The summed E-state index contributed by atoms with van der Waals surface area (Å²) in [5, 5.41) is 0. The summed E-state index contributed by atoms with van der Waals surface area (Å²) in [6, 6.07) is 8.92. The molecule has 0 bridgehead atoms. The average molecular weight is 771 g/mol. The van der Waals surface area contributed by atoms with Crippen molar-refractivity contribution in [2.75, 3.05) is 22.9 Å². The molecule has 0 spiro atoms. The summed E-state index contributed by atoms with van der Waals surface area (Å²) in [6.07, 6.45) is 26.8. The first-order valence-corrected chi connectivity index (χ1v) is 18.5. The molecule has 2 aliphatic carbocycles. The van der Waals surface area contributed by atoms with Gasteiger partial charge in [-0.25, -0.2) is 41.9 Å². The average Bonchev–Trinajstić information content (AvgIpc) is 3.90. The number of amides is 2. The molecule has 0 N–H and O–H groups in total. The molecule has 2 amide bonds. The first-order valence-electron chi connectivity index (χ1n) is 18.5. The Morgan fingerprint density at radius 2 is 0.981 bits per heavy atom. The van der Waals surface area contributed by atoms with E-state index in [4.69, 9.17) is 0 Å². The van der Waals surface area contributed by atoms with Gasteiger partial charge in [-0.15, -0.1) is 49.2 Å². The van der Waals surface area contributed by atoms with Crippen LogP contribution in [0.2, 0.25) is 0 Å². The van der Waals surface area contributed by atoms with Gasteiger partial charge in [0.05, 0.1) is 0 Å². The Labute approximate surface area is 332 Å². The van der Waals surface area contributed by atoms with E-state index in [9.17, 15) is 27.2 Å². The number of carbonyl (C=O) groups is 2. The summed E-state index contributed by atoms with van der Waals surface area (Å²) in [6.45, 7) is 16.2. The van der Waals surface area contributed by atoms with E-state index in [0.717, 1.165) is 63.5 Å². The zero-order valence-electron chi connectivity index (χ0n) is 33.0. The molecule has 2 aromatic rings. The van der Waals surface area contributed by atoms with Crippen molar-refractivity contribution in [1.82, 2.24) is 0 Å². The Kier molecular flexibility index (Phi) is 24.9. The number of hydrogen-bond acceptors (Lipinski definition) is 2. The smallest absolute Gasteiger partial charge is 0.363 e. The van der Waals surface area contributed by atoms with E-state index in [-0.39, 0.29) is 44.9 Å². The molecule has 288 valence electrons. The zero-order chi connectivity index (χ0) is 39.2. The third-order valence-corrected chi connectivity index (χ3v) is 8.82. The number of benzene rings is 2. The van der Waals surface area contributed by atoms with Gasteiger partial charge in [-0.3, -0.25) is 21.7 Å². The van der Waals surface area contributed by atoms with Crippen LogP contribution >= 0.6 is 0 Å². The Hall–Kier alpha value is -3.23. The molecule has 0 aliphatic heterocycles. The van der Waals surface area contributed by atoms with E-state index < -0.39 is 34.1 Å². The van der Waals surface area contributed by atoms with Crippen LogP contribution in [0.3, 0.4) is 0 Å². The number of nitrogens with zero attached hydrogens (tertiary/aromatic N) is 2. The zero-order valence-corrected chi connectivity index (χ0v) is 34.5. The van der Waals surface area contributed by atoms with Crippen molar-refractivity contribution < 1.29 is 48.9 Å². The standard InChI is InChI=1S/2C17H24F2NO.2C5H5.Ti/c2*1-5-7-8-11-20(16(21)17(3,4)6-2)15-10-9-13(18)12-14(15)19;2*1-2-4-5-3-1;/h2*9-10H,5-8,11H2,1-4H3;2*1-3H,4H2;/q4*-1;+4. The maximum Gasteiger partial charge on any atom is 4.00 e. The second kappa shape index (κ2) is 26.5. The molecule has 4 rings (SSSR count). The first kappa shape index (κ1) is 49.8. The quantitative estimate of drug-likeness (QED) is 0.0831. The summed E-state index contributed by atoms with van der Waals surface area (Å²) in [5.41, 5.74) is -0.932. The van der Waals surface area contributed by atoms with Gasteiger partial charge in [0.1, 0.15) is 0 Å². The molecule has 0 heterocycles. The molecule has 0 unspecified atom stereocenters. The molecule has 0 saturated heterocycles. The van der Waals surface area contributed by atoms with E-state index >= 15 is 0 Å². The Morgan fingerprint density at radius 1 is 0.623 bits per heavy atom. The normalized spacial score (nSPS) is 12.5. The topological polar surface area (TPSA) is 40.6 Å². The maximum atomic E-state index is 14.0. The number of rotatable bonds is 14. The molecule has 0 radical (unpaired) electrons. The summed E-state index contributed by atoms with van der Waals surface area (Å²) in [7, 11) is 0. The van der Waals surface area contributed by atoms with Crippen LogP contribution in [0.25, 0.3) is 0 Å². The predicted molar refractivity (Wildman–Crippen MR) is 205 cm³/mol. The minimum Gasteiger partial charge on any atom is -0.363 e. The van der Waals surface area contributed by atoms with Crippen LogP contribution in [0.4, 0.5) is 28.9 Å². The minimum atomic E-state index is -0.813. The van der Waals surface area contributed by atoms with E-state index in [1.807, 2.05) is 78.0 Å². The molecule has 0 fully saturated rings. The maximum absolute atomic E-state index is 14.0. The van der Waals surface area contributed by atoms with Gasteiger partial charge in [0, 0.05) is 47.2 Å². The first-order chi connectivity index (χ1) is 24.7. The molecule has 53 heavy (non-hydrogen) atoms. The molecular formula is C44H58F4N2O2Ti. The van der Waals surface area contributed by atoms with Gasteiger partial charge in [-0.1, -0.05) is 81.1 Å². The summed E-state index contributed by atoms with van der Waals surface area (Å²) in [5.74, 6) is -3.42. The third-order valence-electron chi connectivity index (χ3n) is 8.82. The summed E-state index contributed by atoms with van der Waals surface area (Å²) in [4.78, 5) is 28.2. The predicted octanol–water partition coefficient (Wildman–Crippen LogP) is 12.1. The SMILES string of the molecule is CCCCCN(C(=O)C(C)(C)CC)c1ccc(F)[c-]c1F.CCCCCN(C(=O)C(C)(C)CC)c1ccc(F)[c-]c1F.[C-]1=CC=CC1.[C-]1=CC=CC1.[Ti+4]. The van der Waals surface area contributed by atoms with Crippen LogP contribution in [-0.2, 0) is 31.3 Å².